The lowest BCUT2D eigenvalue weighted by atomic mass is 10.2. The molecule has 23 heavy (non-hydrogen) atoms. The van der Waals surface area contributed by atoms with Gasteiger partial charge >= 0.3 is 5.97 Å². The fourth-order valence-corrected chi connectivity index (χ4v) is 2.64. The average Bonchev–Trinajstić information content (AvgIpc) is 2.99. The number of nitrogens with one attached hydrogen (secondary N) is 1. The molecule has 0 bridgehead atoms. The molecule has 0 spiro atoms. The van der Waals surface area contributed by atoms with E-state index in [9.17, 15) is 14.9 Å². The van der Waals surface area contributed by atoms with E-state index in [0.29, 0.717) is 28.7 Å². The Morgan fingerprint density at radius 1 is 1.48 bits per heavy atom. The van der Waals surface area contributed by atoms with Crippen LogP contribution in [0.5, 0.6) is 0 Å². The Labute approximate surface area is 140 Å². The number of benzene rings is 1. The third-order valence-corrected chi connectivity index (χ3v) is 4.15. The number of aryl methyl sites for hydroxylation is 1. The number of carbonyl (C=O) groups excluding carboxylic acids is 1. The van der Waals surface area contributed by atoms with Crippen LogP contribution < -0.4 is 5.32 Å². The van der Waals surface area contributed by atoms with Crippen LogP contribution in [-0.4, -0.2) is 28.2 Å². The first-order valence-corrected chi connectivity index (χ1v) is 7.75. The third-order valence-electron chi connectivity index (χ3n) is 2.89. The van der Waals surface area contributed by atoms with Gasteiger partial charge in [-0.05, 0) is 11.6 Å². The Balaban J connectivity index is 1.94. The van der Waals surface area contributed by atoms with E-state index in [4.69, 9.17) is 11.6 Å². The number of hydrogen-bond acceptors (Lipinski definition) is 8. The van der Waals surface area contributed by atoms with Gasteiger partial charge in [0.2, 0.25) is 5.13 Å². The van der Waals surface area contributed by atoms with Crippen LogP contribution >= 0.6 is 22.9 Å². The van der Waals surface area contributed by atoms with Crippen LogP contribution in [0.4, 0.5) is 10.8 Å². The number of methoxy groups -OCH3 is 1. The van der Waals surface area contributed by atoms with Crippen molar-refractivity contribution in [1.82, 2.24) is 10.2 Å². The normalized spacial score (nSPS) is 10.3. The largest absolute Gasteiger partial charge is 0.469 e. The molecule has 0 saturated heterocycles. The number of nitrogens with zero attached hydrogens (tertiary/aromatic N) is 3. The van der Waals surface area contributed by atoms with Crippen LogP contribution in [0.15, 0.2) is 18.2 Å². The second kappa shape index (κ2) is 7.84. The van der Waals surface area contributed by atoms with Crippen LogP contribution in [0.2, 0.25) is 5.02 Å². The Morgan fingerprint density at radius 2 is 2.26 bits per heavy atom. The molecule has 0 saturated carbocycles. The molecule has 0 radical (unpaired) electrons. The number of nitro groups is 1. The molecule has 10 heteroatoms. The van der Waals surface area contributed by atoms with Crippen molar-refractivity contribution in [3.63, 3.8) is 0 Å². The number of aromatic nitrogens is 2. The maximum atomic E-state index is 11.1. The van der Waals surface area contributed by atoms with Gasteiger partial charge < -0.3 is 10.1 Å². The molecule has 8 nitrogen and oxygen atoms in total. The van der Waals surface area contributed by atoms with Gasteiger partial charge in [-0.1, -0.05) is 29.0 Å². The summed E-state index contributed by atoms with van der Waals surface area (Å²) in [6, 6.07) is 4.59. The molecule has 0 aliphatic carbocycles. The average molecular weight is 357 g/mol. The van der Waals surface area contributed by atoms with Gasteiger partial charge in [-0.15, -0.1) is 10.2 Å². The summed E-state index contributed by atoms with van der Waals surface area (Å²) in [7, 11) is 1.33. The molecule has 0 aliphatic rings. The molecule has 0 unspecified atom stereocenters. The van der Waals surface area contributed by atoms with Gasteiger partial charge in [0.1, 0.15) is 10.0 Å². The van der Waals surface area contributed by atoms with E-state index in [2.05, 4.69) is 20.3 Å². The van der Waals surface area contributed by atoms with Gasteiger partial charge in [0, 0.05) is 19.0 Å². The minimum Gasteiger partial charge on any atom is -0.469 e. The second-order valence-corrected chi connectivity index (χ2v) is 5.94. The lowest BCUT2D eigenvalue weighted by Gasteiger charge is -2.03. The molecule has 0 aliphatic heterocycles. The van der Waals surface area contributed by atoms with Crippen LogP contribution in [0.3, 0.4) is 0 Å². The number of esters is 1. The molecule has 0 fully saturated rings. The third kappa shape index (κ3) is 4.86. The van der Waals surface area contributed by atoms with Gasteiger partial charge in [-0.3, -0.25) is 14.9 Å². The van der Waals surface area contributed by atoms with Gasteiger partial charge in [0.15, 0.2) is 0 Å². The lowest BCUT2D eigenvalue weighted by Crippen LogP contribution is -2.01. The number of anilines is 1. The minimum atomic E-state index is -0.526. The molecule has 1 aromatic carbocycles. The zero-order valence-corrected chi connectivity index (χ0v) is 13.7. The number of rotatable bonds is 7. The van der Waals surface area contributed by atoms with Crippen molar-refractivity contribution < 1.29 is 14.5 Å². The van der Waals surface area contributed by atoms with E-state index in [0.717, 1.165) is 0 Å². The molecule has 2 rings (SSSR count). The molecule has 1 aromatic heterocycles. The van der Waals surface area contributed by atoms with E-state index in [-0.39, 0.29) is 23.1 Å². The monoisotopic (exact) mass is 356 g/mol. The van der Waals surface area contributed by atoms with Crippen molar-refractivity contribution in [2.75, 3.05) is 12.4 Å². The van der Waals surface area contributed by atoms with Crippen molar-refractivity contribution in [2.45, 2.75) is 19.4 Å². The molecule has 0 amide bonds. The first kappa shape index (κ1) is 17.1. The Hall–Kier alpha value is -2.26. The zero-order valence-electron chi connectivity index (χ0n) is 12.1. The smallest absolute Gasteiger partial charge is 0.305 e. The van der Waals surface area contributed by atoms with E-state index in [1.165, 1.54) is 30.6 Å². The summed E-state index contributed by atoms with van der Waals surface area (Å²) in [5, 5.41) is 23.2. The number of halogens is 1. The molecule has 0 atom stereocenters. The van der Waals surface area contributed by atoms with Gasteiger partial charge in [0.25, 0.3) is 5.69 Å². The highest BCUT2D eigenvalue weighted by atomic mass is 35.5. The number of nitro benzene ring substituents is 1. The highest BCUT2D eigenvalue weighted by Gasteiger charge is 2.13. The van der Waals surface area contributed by atoms with Gasteiger partial charge in [0.05, 0.1) is 18.5 Å². The molecule has 1 heterocycles. The Bertz CT molecular complexity index is 722. The van der Waals surface area contributed by atoms with Crippen molar-refractivity contribution in [3.8, 4) is 0 Å². The van der Waals surface area contributed by atoms with Crippen LogP contribution in [0.25, 0.3) is 0 Å². The fourth-order valence-electron chi connectivity index (χ4n) is 1.72. The topological polar surface area (TPSA) is 107 Å². The molecular formula is C13H13ClN4O4S. The lowest BCUT2D eigenvalue weighted by molar-refractivity contribution is -0.384. The Morgan fingerprint density at radius 3 is 2.96 bits per heavy atom. The first-order valence-electron chi connectivity index (χ1n) is 6.55. The van der Waals surface area contributed by atoms with Crippen LogP contribution in [-0.2, 0) is 22.5 Å². The number of carbonyl (C=O) groups is 1. The predicted octanol–water partition coefficient (Wildman–Crippen LogP) is 2.82. The van der Waals surface area contributed by atoms with E-state index >= 15 is 0 Å². The summed E-state index contributed by atoms with van der Waals surface area (Å²) in [6.07, 6.45) is 0.701. The maximum Gasteiger partial charge on any atom is 0.305 e. The van der Waals surface area contributed by atoms with Crippen molar-refractivity contribution in [2.24, 2.45) is 0 Å². The van der Waals surface area contributed by atoms with E-state index in [1.54, 1.807) is 6.07 Å². The van der Waals surface area contributed by atoms with Crippen LogP contribution in [0, 0.1) is 10.1 Å². The van der Waals surface area contributed by atoms with Crippen molar-refractivity contribution in [1.29, 1.82) is 0 Å². The molecule has 1 N–H and O–H groups in total. The predicted molar refractivity (Wildman–Crippen MR) is 85.7 cm³/mol. The highest BCUT2D eigenvalue weighted by Crippen LogP contribution is 2.25. The zero-order chi connectivity index (χ0) is 16.8. The van der Waals surface area contributed by atoms with Gasteiger partial charge in [-0.25, -0.2) is 0 Å². The highest BCUT2D eigenvalue weighted by molar-refractivity contribution is 7.15. The first-order chi connectivity index (χ1) is 11.0. The number of ether oxygens (including phenoxy) is 1. The standard InChI is InChI=1S/C13H13ClN4O4S/c1-22-12(19)5-4-11-16-17-13(23-11)15-7-8-2-3-9(14)10(6-8)18(20)21/h2-3,6H,4-5,7H2,1H3,(H,15,17). The molecule has 122 valence electrons. The van der Waals surface area contributed by atoms with E-state index < -0.39 is 4.92 Å². The summed E-state index contributed by atoms with van der Waals surface area (Å²) in [5.74, 6) is -0.303. The summed E-state index contributed by atoms with van der Waals surface area (Å²) < 4.78 is 4.56. The summed E-state index contributed by atoms with van der Waals surface area (Å²) in [4.78, 5) is 21.4. The minimum absolute atomic E-state index is 0.0970. The summed E-state index contributed by atoms with van der Waals surface area (Å²) in [5.41, 5.74) is 0.564. The van der Waals surface area contributed by atoms with E-state index in [1.807, 2.05) is 0 Å². The molecular weight excluding hydrogens is 344 g/mol. The molecule has 2 aromatic rings. The SMILES string of the molecule is COC(=O)CCc1nnc(NCc2ccc(Cl)c([N+](=O)[O-])c2)s1. The quantitative estimate of drug-likeness (QED) is 0.461. The van der Waals surface area contributed by atoms with Gasteiger partial charge in [-0.2, -0.15) is 0 Å². The maximum absolute atomic E-state index is 11.1. The summed E-state index contributed by atoms with van der Waals surface area (Å²) in [6.45, 7) is 0.351. The van der Waals surface area contributed by atoms with Crippen molar-refractivity contribution in [3.05, 3.63) is 43.9 Å². The van der Waals surface area contributed by atoms with Crippen molar-refractivity contribution >= 4 is 39.7 Å². The summed E-state index contributed by atoms with van der Waals surface area (Å²) >= 11 is 7.08. The Kier molecular flexibility index (Phi) is 5.83. The van der Waals surface area contributed by atoms with Crippen LogP contribution in [0.1, 0.15) is 17.0 Å². The fraction of sp³-hybridized carbons (Fsp3) is 0.308. The second-order valence-electron chi connectivity index (χ2n) is 4.47. The number of hydrogen-bond donors (Lipinski definition) is 1.